The number of nitrogens with one attached hydrogen (secondary N) is 1. The highest BCUT2D eigenvalue weighted by Crippen LogP contribution is 2.35. The van der Waals surface area contributed by atoms with Crippen LogP contribution >= 0.6 is 51.7 Å². The molecule has 1 aliphatic heterocycles. The van der Waals surface area contributed by atoms with E-state index in [4.69, 9.17) is 11.6 Å². The number of rotatable bonds is 3. The Morgan fingerprint density at radius 1 is 1.18 bits per heavy atom. The Balaban J connectivity index is 0.00000176. The number of nitrogens with zero attached hydrogens (tertiary/aromatic N) is 1. The molecule has 2 aromatic rings. The molecular weight excluding hydrogens is 403 g/mol. The lowest BCUT2D eigenvalue weighted by atomic mass is 10.0. The van der Waals surface area contributed by atoms with Gasteiger partial charge in [0.05, 0.1) is 10.7 Å². The van der Waals surface area contributed by atoms with E-state index >= 15 is 0 Å². The average molecular weight is 420 g/mol. The summed E-state index contributed by atoms with van der Waals surface area (Å²) in [6.45, 7) is 2.07. The summed E-state index contributed by atoms with van der Waals surface area (Å²) in [5, 5.41) is 4.31. The predicted octanol–water partition coefficient (Wildman–Crippen LogP) is 4.90. The molecule has 0 saturated heterocycles. The van der Waals surface area contributed by atoms with Gasteiger partial charge in [0.1, 0.15) is 0 Å². The highest BCUT2D eigenvalue weighted by atomic mass is 79.9. The SMILES string of the molecule is Cl.Clc1ccc2c(c1SCc1ccc(Br)cn1)CCNCC2. The first-order chi connectivity index (χ1) is 10.2. The highest BCUT2D eigenvalue weighted by Gasteiger charge is 2.15. The van der Waals surface area contributed by atoms with Crippen LogP contribution < -0.4 is 5.32 Å². The van der Waals surface area contributed by atoms with Crippen LogP contribution in [0.2, 0.25) is 5.02 Å². The summed E-state index contributed by atoms with van der Waals surface area (Å²) in [4.78, 5) is 5.66. The molecule has 0 atom stereocenters. The van der Waals surface area contributed by atoms with Crippen LogP contribution in [0.25, 0.3) is 0 Å². The Kier molecular flexibility index (Phi) is 7.03. The zero-order chi connectivity index (χ0) is 14.7. The maximum atomic E-state index is 6.44. The van der Waals surface area contributed by atoms with Gasteiger partial charge in [-0.2, -0.15) is 0 Å². The lowest BCUT2D eigenvalue weighted by molar-refractivity contribution is 0.709. The zero-order valence-electron chi connectivity index (χ0n) is 11.9. The summed E-state index contributed by atoms with van der Waals surface area (Å²) >= 11 is 11.6. The molecular formula is C16H17BrCl2N2S. The van der Waals surface area contributed by atoms with Crippen molar-refractivity contribution in [2.24, 2.45) is 0 Å². The molecule has 0 radical (unpaired) electrons. The number of hydrogen-bond acceptors (Lipinski definition) is 3. The molecule has 22 heavy (non-hydrogen) atoms. The van der Waals surface area contributed by atoms with Gasteiger partial charge in [-0.1, -0.05) is 17.7 Å². The molecule has 0 fully saturated rings. The van der Waals surface area contributed by atoms with Crippen LogP contribution in [0.4, 0.5) is 0 Å². The summed E-state index contributed by atoms with van der Waals surface area (Å²) in [6, 6.07) is 8.28. The Bertz CT molecular complexity index is 635. The lowest BCUT2D eigenvalue weighted by Gasteiger charge is -2.13. The molecule has 0 spiro atoms. The summed E-state index contributed by atoms with van der Waals surface area (Å²) < 4.78 is 1.01. The van der Waals surface area contributed by atoms with Crippen molar-refractivity contribution >= 4 is 51.7 Å². The molecule has 0 aliphatic carbocycles. The van der Waals surface area contributed by atoms with Crippen LogP contribution in [0.1, 0.15) is 16.8 Å². The van der Waals surface area contributed by atoms with Crippen LogP contribution in [-0.2, 0) is 18.6 Å². The van der Waals surface area contributed by atoms with E-state index in [0.29, 0.717) is 0 Å². The van der Waals surface area contributed by atoms with Gasteiger partial charge in [-0.15, -0.1) is 24.2 Å². The Labute approximate surface area is 155 Å². The maximum absolute atomic E-state index is 6.44. The Morgan fingerprint density at radius 2 is 2.00 bits per heavy atom. The quantitative estimate of drug-likeness (QED) is 0.716. The van der Waals surface area contributed by atoms with Crippen molar-refractivity contribution in [1.82, 2.24) is 10.3 Å². The van der Waals surface area contributed by atoms with Gasteiger partial charge in [-0.05, 0) is 71.2 Å². The van der Waals surface area contributed by atoms with Crippen LogP contribution in [-0.4, -0.2) is 18.1 Å². The fourth-order valence-electron chi connectivity index (χ4n) is 2.50. The molecule has 1 aromatic carbocycles. The fraction of sp³-hybridized carbons (Fsp3) is 0.312. The number of fused-ring (bicyclic) bond motifs is 1. The third-order valence-electron chi connectivity index (χ3n) is 3.59. The maximum Gasteiger partial charge on any atom is 0.0544 e. The van der Waals surface area contributed by atoms with Gasteiger partial charge >= 0.3 is 0 Å². The van der Waals surface area contributed by atoms with Crippen LogP contribution in [0.3, 0.4) is 0 Å². The molecule has 1 N–H and O–H groups in total. The molecule has 0 saturated carbocycles. The predicted molar refractivity (Wildman–Crippen MR) is 100 cm³/mol. The van der Waals surface area contributed by atoms with E-state index in [1.54, 1.807) is 11.8 Å². The standard InChI is InChI=1S/C16H16BrClN2S.ClH/c17-12-2-3-13(20-9-12)10-21-16-14-6-8-19-7-5-11(14)1-4-15(16)18;/h1-4,9,19H,5-8,10H2;1H. The lowest BCUT2D eigenvalue weighted by Crippen LogP contribution is -2.16. The van der Waals surface area contributed by atoms with Crippen molar-refractivity contribution in [3.05, 3.63) is 56.8 Å². The zero-order valence-corrected chi connectivity index (χ0v) is 15.9. The van der Waals surface area contributed by atoms with Crippen LogP contribution in [0, 0.1) is 0 Å². The normalized spacial score (nSPS) is 13.9. The first-order valence-corrected chi connectivity index (χ1v) is 9.14. The smallest absolute Gasteiger partial charge is 0.0544 e. The van der Waals surface area contributed by atoms with E-state index in [2.05, 4.69) is 32.3 Å². The fourth-order valence-corrected chi connectivity index (χ4v) is 4.16. The first kappa shape index (κ1) is 18.1. The molecule has 118 valence electrons. The van der Waals surface area contributed by atoms with Crippen molar-refractivity contribution in [1.29, 1.82) is 0 Å². The first-order valence-electron chi connectivity index (χ1n) is 6.98. The number of pyridine rings is 1. The van der Waals surface area contributed by atoms with Gasteiger partial charge in [-0.3, -0.25) is 4.98 Å². The van der Waals surface area contributed by atoms with E-state index in [-0.39, 0.29) is 12.4 Å². The van der Waals surface area contributed by atoms with Crippen molar-refractivity contribution < 1.29 is 0 Å². The minimum Gasteiger partial charge on any atom is -0.316 e. The number of aromatic nitrogens is 1. The van der Waals surface area contributed by atoms with Gasteiger partial charge in [0.15, 0.2) is 0 Å². The molecule has 2 heterocycles. The highest BCUT2D eigenvalue weighted by molar-refractivity contribution is 9.10. The summed E-state index contributed by atoms with van der Waals surface area (Å²) in [6.07, 6.45) is 3.97. The summed E-state index contributed by atoms with van der Waals surface area (Å²) in [5.41, 5.74) is 3.91. The van der Waals surface area contributed by atoms with Gasteiger partial charge < -0.3 is 5.32 Å². The minimum absolute atomic E-state index is 0. The van der Waals surface area contributed by atoms with Gasteiger partial charge in [0.2, 0.25) is 0 Å². The molecule has 6 heteroatoms. The number of hydrogen-bond donors (Lipinski definition) is 1. The Hall–Kier alpha value is -0.260. The third-order valence-corrected chi connectivity index (χ3v) is 5.68. The molecule has 1 aromatic heterocycles. The van der Waals surface area contributed by atoms with E-state index in [1.807, 2.05) is 24.4 Å². The van der Waals surface area contributed by atoms with Gasteiger partial charge in [-0.25, -0.2) is 0 Å². The van der Waals surface area contributed by atoms with Gasteiger partial charge in [0.25, 0.3) is 0 Å². The number of thioether (sulfide) groups is 1. The van der Waals surface area contributed by atoms with Crippen molar-refractivity contribution in [2.75, 3.05) is 13.1 Å². The second-order valence-electron chi connectivity index (χ2n) is 5.02. The third kappa shape index (κ3) is 4.39. The Morgan fingerprint density at radius 3 is 2.77 bits per heavy atom. The average Bonchev–Trinajstić information content (AvgIpc) is 2.73. The molecule has 0 amide bonds. The van der Waals surface area contributed by atoms with Crippen molar-refractivity contribution in [2.45, 2.75) is 23.5 Å². The van der Waals surface area contributed by atoms with Crippen LogP contribution in [0.15, 0.2) is 39.8 Å². The van der Waals surface area contributed by atoms with E-state index < -0.39 is 0 Å². The number of halogens is 3. The van der Waals surface area contributed by atoms with Crippen LogP contribution in [0.5, 0.6) is 0 Å². The van der Waals surface area contributed by atoms with Crippen molar-refractivity contribution in [3.63, 3.8) is 0 Å². The van der Waals surface area contributed by atoms with E-state index in [1.165, 1.54) is 16.0 Å². The minimum atomic E-state index is 0. The molecule has 3 rings (SSSR count). The second kappa shape index (κ2) is 8.55. The second-order valence-corrected chi connectivity index (χ2v) is 7.33. The molecule has 2 nitrogen and oxygen atoms in total. The number of benzene rings is 1. The van der Waals surface area contributed by atoms with Gasteiger partial charge in [0, 0.05) is 21.3 Å². The molecule has 1 aliphatic rings. The largest absolute Gasteiger partial charge is 0.316 e. The van der Waals surface area contributed by atoms with E-state index in [0.717, 1.165) is 46.9 Å². The summed E-state index contributed by atoms with van der Waals surface area (Å²) in [5.74, 6) is 0.844. The molecule has 0 bridgehead atoms. The van der Waals surface area contributed by atoms with E-state index in [9.17, 15) is 0 Å². The topological polar surface area (TPSA) is 24.9 Å². The monoisotopic (exact) mass is 418 g/mol. The summed E-state index contributed by atoms with van der Waals surface area (Å²) in [7, 11) is 0. The molecule has 0 unspecified atom stereocenters. The van der Waals surface area contributed by atoms with Crippen molar-refractivity contribution in [3.8, 4) is 0 Å².